The van der Waals surface area contributed by atoms with Gasteiger partial charge in [0.2, 0.25) is 10.0 Å². The van der Waals surface area contributed by atoms with Crippen LogP contribution in [0, 0.1) is 0 Å². The van der Waals surface area contributed by atoms with Crippen molar-refractivity contribution in [2.75, 3.05) is 13.7 Å². The first-order valence-electron chi connectivity index (χ1n) is 7.55. The molecule has 0 aliphatic rings. The van der Waals surface area contributed by atoms with Crippen molar-refractivity contribution in [3.63, 3.8) is 0 Å². The predicted molar refractivity (Wildman–Crippen MR) is 95.0 cm³/mol. The SMILES string of the molecule is COc1ccc(/C=C/C(=O)O)cc1S(=O)(=O)NCCc1ccccc1. The summed E-state index contributed by atoms with van der Waals surface area (Å²) in [4.78, 5) is 10.6. The van der Waals surface area contributed by atoms with Gasteiger partial charge in [-0.3, -0.25) is 0 Å². The molecule has 0 saturated carbocycles. The van der Waals surface area contributed by atoms with E-state index in [1.807, 2.05) is 30.3 Å². The summed E-state index contributed by atoms with van der Waals surface area (Å²) in [5.74, 6) is -0.916. The summed E-state index contributed by atoms with van der Waals surface area (Å²) < 4.78 is 32.8. The lowest BCUT2D eigenvalue weighted by Crippen LogP contribution is -2.26. The molecule has 0 spiro atoms. The van der Waals surface area contributed by atoms with E-state index in [1.54, 1.807) is 6.07 Å². The van der Waals surface area contributed by atoms with Crippen molar-refractivity contribution in [3.8, 4) is 5.75 Å². The fourth-order valence-electron chi connectivity index (χ4n) is 2.23. The van der Waals surface area contributed by atoms with E-state index in [2.05, 4.69) is 4.72 Å². The van der Waals surface area contributed by atoms with E-state index in [0.29, 0.717) is 12.0 Å². The van der Waals surface area contributed by atoms with Crippen molar-refractivity contribution >= 4 is 22.1 Å². The molecular weight excluding hydrogens is 342 g/mol. The number of aliphatic carboxylic acids is 1. The zero-order valence-corrected chi connectivity index (χ0v) is 14.5. The van der Waals surface area contributed by atoms with Crippen molar-refractivity contribution in [1.82, 2.24) is 4.72 Å². The number of hydrogen-bond acceptors (Lipinski definition) is 4. The Kier molecular flexibility index (Phi) is 6.32. The molecule has 0 radical (unpaired) electrons. The van der Waals surface area contributed by atoms with Gasteiger partial charge in [0.25, 0.3) is 0 Å². The Labute approximate surface area is 146 Å². The van der Waals surface area contributed by atoms with Gasteiger partial charge in [0.1, 0.15) is 10.6 Å². The van der Waals surface area contributed by atoms with Gasteiger partial charge in [-0.2, -0.15) is 0 Å². The van der Waals surface area contributed by atoms with Crippen molar-refractivity contribution in [2.45, 2.75) is 11.3 Å². The maximum Gasteiger partial charge on any atom is 0.328 e. The molecule has 2 aromatic carbocycles. The molecule has 0 fully saturated rings. The zero-order chi connectivity index (χ0) is 18.3. The predicted octanol–water partition coefficient (Wildman–Crippen LogP) is 2.31. The molecule has 0 aromatic heterocycles. The Morgan fingerprint density at radius 1 is 1.20 bits per heavy atom. The van der Waals surface area contributed by atoms with Crippen LogP contribution in [0.1, 0.15) is 11.1 Å². The van der Waals surface area contributed by atoms with E-state index >= 15 is 0 Å². The smallest absolute Gasteiger partial charge is 0.328 e. The molecule has 0 saturated heterocycles. The van der Waals surface area contributed by atoms with Crippen LogP contribution < -0.4 is 9.46 Å². The summed E-state index contributed by atoms with van der Waals surface area (Å²) in [6.07, 6.45) is 2.83. The summed E-state index contributed by atoms with van der Waals surface area (Å²) in [5.41, 5.74) is 1.47. The summed E-state index contributed by atoms with van der Waals surface area (Å²) in [7, 11) is -2.41. The fraction of sp³-hybridized carbons (Fsp3) is 0.167. The first kappa shape index (κ1) is 18.7. The number of rotatable bonds is 8. The number of hydrogen-bond donors (Lipinski definition) is 2. The number of benzene rings is 2. The fourth-order valence-corrected chi connectivity index (χ4v) is 3.46. The van der Waals surface area contributed by atoms with Crippen molar-refractivity contribution in [2.24, 2.45) is 0 Å². The minimum Gasteiger partial charge on any atom is -0.495 e. The topological polar surface area (TPSA) is 92.7 Å². The van der Waals surface area contributed by atoms with Gasteiger partial charge in [-0.25, -0.2) is 17.9 Å². The zero-order valence-electron chi connectivity index (χ0n) is 13.7. The molecular formula is C18H19NO5S. The van der Waals surface area contributed by atoms with Gasteiger partial charge in [-0.05, 0) is 35.8 Å². The number of sulfonamides is 1. The number of methoxy groups -OCH3 is 1. The van der Waals surface area contributed by atoms with Gasteiger partial charge in [0, 0.05) is 12.6 Å². The van der Waals surface area contributed by atoms with Crippen molar-refractivity contribution in [1.29, 1.82) is 0 Å². The molecule has 0 aliphatic heterocycles. The normalized spacial score (nSPS) is 11.6. The van der Waals surface area contributed by atoms with Gasteiger partial charge in [-0.15, -0.1) is 0 Å². The highest BCUT2D eigenvalue weighted by Crippen LogP contribution is 2.25. The lowest BCUT2D eigenvalue weighted by Gasteiger charge is -2.11. The highest BCUT2D eigenvalue weighted by atomic mass is 32.2. The molecule has 0 amide bonds. The third-order valence-electron chi connectivity index (χ3n) is 3.44. The standard InChI is InChI=1S/C18H19NO5S/c1-24-16-9-7-15(8-10-18(20)21)13-17(16)25(22,23)19-12-11-14-5-3-2-4-6-14/h2-10,13,19H,11-12H2,1H3,(H,20,21)/b10-8+. The maximum atomic E-state index is 12.6. The van der Waals surface area contributed by atoms with E-state index in [1.165, 1.54) is 25.3 Å². The molecule has 0 unspecified atom stereocenters. The molecule has 2 aromatic rings. The Balaban J connectivity index is 2.18. The second kappa shape index (κ2) is 8.46. The van der Waals surface area contributed by atoms with Crippen LogP contribution >= 0.6 is 0 Å². The van der Waals surface area contributed by atoms with Crippen LogP contribution in [0.25, 0.3) is 6.08 Å². The van der Waals surface area contributed by atoms with Crippen LogP contribution in [0.3, 0.4) is 0 Å². The van der Waals surface area contributed by atoms with Crippen LogP contribution in [0.2, 0.25) is 0 Å². The molecule has 6 nitrogen and oxygen atoms in total. The quantitative estimate of drug-likeness (QED) is 0.704. The highest BCUT2D eigenvalue weighted by Gasteiger charge is 2.19. The van der Waals surface area contributed by atoms with Gasteiger partial charge in [0.15, 0.2) is 0 Å². The monoisotopic (exact) mass is 361 g/mol. The van der Waals surface area contributed by atoms with Gasteiger partial charge >= 0.3 is 5.97 Å². The Bertz CT molecular complexity index is 860. The minimum atomic E-state index is -3.79. The first-order valence-corrected chi connectivity index (χ1v) is 9.03. The number of carboxylic acids is 1. The lowest BCUT2D eigenvalue weighted by molar-refractivity contribution is -0.131. The first-order chi connectivity index (χ1) is 11.9. The molecule has 25 heavy (non-hydrogen) atoms. The number of ether oxygens (including phenoxy) is 1. The number of nitrogens with one attached hydrogen (secondary N) is 1. The van der Waals surface area contributed by atoms with Gasteiger partial charge < -0.3 is 9.84 Å². The Morgan fingerprint density at radius 3 is 2.56 bits per heavy atom. The lowest BCUT2D eigenvalue weighted by atomic mass is 10.2. The summed E-state index contributed by atoms with van der Waals surface area (Å²) in [6, 6.07) is 14.0. The molecule has 7 heteroatoms. The van der Waals surface area contributed by atoms with Crippen LogP contribution in [0.4, 0.5) is 0 Å². The van der Waals surface area contributed by atoms with Gasteiger partial charge in [0.05, 0.1) is 7.11 Å². The Hall–Kier alpha value is -2.64. The van der Waals surface area contributed by atoms with Gasteiger partial charge in [-0.1, -0.05) is 36.4 Å². The minimum absolute atomic E-state index is 0.0319. The average Bonchev–Trinajstić information content (AvgIpc) is 2.60. The Morgan fingerprint density at radius 2 is 1.92 bits per heavy atom. The second-order valence-corrected chi connectivity index (χ2v) is 6.95. The highest BCUT2D eigenvalue weighted by molar-refractivity contribution is 7.89. The third kappa shape index (κ3) is 5.44. The molecule has 132 valence electrons. The largest absolute Gasteiger partial charge is 0.495 e. The van der Waals surface area contributed by atoms with E-state index < -0.39 is 16.0 Å². The van der Waals surface area contributed by atoms with Crippen LogP contribution in [-0.2, 0) is 21.2 Å². The van der Waals surface area contributed by atoms with Crippen LogP contribution in [0.5, 0.6) is 5.75 Å². The maximum absolute atomic E-state index is 12.6. The molecule has 0 heterocycles. The molecule has 0 bridgehead atoms. The summed E-state index contributed by atoms with van der Waals surface area (Å²) >= 11 is 0. The molecule has 0 aliphatic carbocycles. The van der Waals surface area contributed by atoms with E-state index in [4.69, 9.17) is 9.84 Å². The second-order valence-electron chi connectivity index (χ2n) is 5.22. The van der Waals surface area contributed by atoms with Crippen molar-refractivity contribution < 1.29 is 23.1 Å². The number of carboxylic acid groups (broad SMARTS) is 1. The van der Waals surface area contributed by atoms with Crippen molar-refractivity contribution in [3.05, 3.63) is 65.7 Å². The third-order valence-corrected chi connectivity index (χ3v) is 4.93. The van der Waals surface area contributed by atoms with Crippen LogP contribution in [0.15, 0.2) is 59.5 Å². The number of carbonyl (C=O) groups is 1. The molecule has 2 N–H and O–H groups in total. The summed E-state index contributed by atoms with van der Waals surface area (Å²) in [6.45, 7) is 0.241. The van der Waals surface area contributed by atoms with E-state index in [9.17, 15) is 13.2 Å². The molecule has 2 rings (SSSR count). The molecule has 0 atom stereocenters. The van der Waals surface area contributed by atoms with Crippen LogP contribution in [-0.4, -0.2) is 33.1 Å². The van der Waals surface area contributed by atoms with E-state index in [0.717, 1.165) is 11.6 Å². The summed E-state index contributed by atoms with van der Waals surface area (Å²) in [5, 5.41) is 8.69. The average molecular weight is 361 g/mol. The van der Waals surface area contributed by atoms with E-state index in [-0.39, 0.29) is 17.2 Å².